The molecule has 1 nitrogen and oxygen atoms in total. The van der Waals surface area contributed by atoms with Crippen LogP contribution in [0.25, 0.3) is 0 Å². The normalized spacial score (nSPS) is 42.1. The van der Waals surface area contributed by atoms with E-state index in [0.29, 0.717) is 17.1 Å². The van der Waals surface area contributed by atoms with Gasteiger partial charge in [-0.25, -0.2) is 0 Å². The van der Waals surface area contributed by atoms with E-state index in [4.69, 9.17) is 0 Å². The molecule has 2 fully saturated rings. The monoisotopic (exact) mass is 330 g/mol. The summed E-state index contributed by atoms with van der Waals surface area (Å²) in [5.74, 6) is 3.01. The molecule has 0 amide bonds. The molecular formula is C23H38O. The van der Waals surface area contributed by atoms with Crippen LogP contribution in [0.15, 0.2) is 11.6 Å². The van der Waals surface area contributed by atoms with E-state index in [0.717, 1.165) is 18.3 Å². The Morgan fingerprint density at radius 1 is 1.17 bits per heavy atom. The minimum absolute atomic E-state index is 0.177. The molecule has 1 heteroatoms. The zero-order chi connectivity index (χ0) is 17.5. The molecule has 5 unspecified atom stereocenters. The molecule has 3 aliphatic rings. The molecule has 0 heterocycles. The Morgan fingerprint density at radius 2 is 1.92 bits per heavy atom. The van der Waals surface area contributed by atoms with Crippen molar-refractivity contribution in [2.24, 2.45) is 34.5 Å². The highest BCUT2D eigenvalue weighted by molar-refractivity contribution is 5.79. The highest BCUT2D eigenvalue weighted by Crippen LogP contribution is 2.60. The molecule has 0 spiro atoms. The average Bonchev–Trinajstić information content (AvgIpc) is 2.69. The lowest BCUT2D eigenvalue weighted by molar-refractivity contribution is -0.124. The third-order valence-electron chi connectivity index (χ3n) is 8.41. The van der Waals surface area contributed by atoms with Crippen LogP contribution >= 0.6 is 0 Å². The minimum atomic E-state index is 0.177. The van der Waals surface area contributed by atoms with Gasteiger partial charge < -0.3 is 0 Å². The molecule has 0 N–H and O–H groups in total. The number of hydrogen-bond donors (Lipinski definition) is 0. The fraction of sp³-hybridized carbons (Fsp3) is 0.870. The van der Waals surface area contributed by atoms with Crippen LogP contribution in [0.1, 0.15) is 92.4 Å². The largest absolute Gasteiger partial charge is 0.300 e. The third kappa shape index (κ3) is 2.80. The highest BCUT2D eigenvalue weighted by atomic mass is 16.1. The molecule has 0 aromatic heterocycles. The van der Waals surface area contributed by atoms with Crippen LogP contribution in [0.5, 0.6) is 0 Å². The maximum Gasteiger partial charge on any atom is 0.133 e. The van der Waals surface area contributed by atoms with Gasteiger partial charge in [-0.1, -0.05) is 58.6 Å². The van der Waals surface area contributed by atoms with Gasteiger partial charge in [-0.15, -0.1) is 0 Å². The first-order chi connectivity index (χ1) is 11.3. The number of hydrogen-bond acceptors (Lipinski definition) is 1. The third-order valence-corrected chi connectivity index (χ3v) is 8.41. The van der Waals surface area contributed by atoms with Crippen LogP contribution in [-0.4, -0.2) is 5.78 Å². The minimum Gasteiger partial charge on any atom is -0.300 e. The SMILES string of the molecule is CCC1C(C2CCC(C(C)=O)C2(C)C)CC=C2CCCCCC21C. The molecule has 3 aliphatic carbocycles. The second kappa shape index (κ2) is 6.61. The molecule has 0 aromatic carbocycles. The van der Waals surface area contributed by atoms with E-state index in [-0.39, 0.29) is 11.3 Å². The van der Waals surface area contributed by atoms with Gasteiger partial charge in [-0.2, -0.15) is 0 Å². The van der Waals surface area contributed by atoms with Gasteiger partial charge in [0.25, 0.3) is 0 Å². The Bertz CT molecular complexity index is 514. The molecule has 24 heavy (non-hydrogen) atoms. The van der Waals surface area contributed by atoms with Gasteiger partial charge in [0, 0.05) is 5.92 Å². The number of carbonyl (C=O) groups excluding carboxylic acids is 1. The zero-order valence-corrected chi connectivity index (χ0v) is 16.7. The number of carbonyl (C=O) groups is 1. The first kappa shape index (κ1) is 18.2. The standard InChI is InChI=1S/C23H38O/c1-6-19-18(21-14-13-20(16(2)24)22(21,3)4)12-11-17-10-8-7-9-15-23(17,19)5/h11,18-21H,6-10,12-15H2,1-5H3. The van der Waals surface area contributed by atoms with Crippen molar-refractivity contribution in [3.63, 3.8) is 0 Å². The summed E-state index contributed by atoms with van der Waals surface area (Å²) in [5, 5.41) is 0. The molecule has 2 saturated carbocycles. The topological polar surface area (TPSA) is 17.1 Å². The van der Waals surface area contributed by atoms with Crippen LogP contribution in [0.3, 0.4) is 0 Å². The maximum atomic E-state index is 12.2. The van der Waals surface area contributed by atoms with Gasteiger partial charge in [-0.3, -0.25) is 4.79 Å². The summed E-state index contributed by atoms with van der Waals surface area (Å²) in [4.78, 5) is 12.2. The van der Waals surface area contributed by atoms with E-state index in [1.165, 1.54) is 51.4 Å². The van der Waals surface area contributed by atoms with Gasteiger partial charge >= 0.3 is 0 Å². The molecular weight excluding hydrogens is 292 g/mol. The first-order valence-corrected chi connectivity index (χ1v) is 10.5. The number of allylic oxidation sites excluding steroid dienone is 2. The van der Waals surface area contributed by atoms with Crippen molar-refractivity contribution in [3.8, 4) is 0 Å². The van der Waals surface area contributed by atoms with Gasteiger partial charge in [-0.05, 0) is 74.0 Å². The van der Waals surface area contributed by atoms with E-state index in [1.807, 2.05) is 6.92 Å². The summed E-state index contributed by atoms with van der Waals surface area (Å²) in [6.07, 6.45) is 14.5. The van der Waals surface area contributed by atoms with Crippen molar-refractivity contribution in [2.45, 2.75) is 92.4 Å². The van der Waals surface area contributed by atoms with Crippen LogP contribution in [0, 0.1) is 34.5 Å². The fourth-order valence-electron chi connectivity index (χ4n) is 7.14. The summed E-state index contributed by atoms with van der Waals surface area (Å²) in [6, 6.07) is 0. The van der Waals surface area contributed by atoms with Crippen LogP contribution in [-0.2, 0) is 4.79 Å². The van der Waals surface area contributed by atoms with Crippen molar-refractivity contribution >= 4 is 5.78 Å². The zero-order valence-electron chi connectivity index (χ0n) is 16.7. The van der Waals surface area contributed by atoms with Gasteiger partial charge in [0.2, 0.25) is 0 Å². The van der Waals surface area contributed by atoms with E-state index >= 15 is 0 Å². The lowest BCUT2D eigenvalue weighted by atomic mass is 9.54. The number of fused-ring (bicyclic) bond motifs is 1. The fourth-order valence-corrected chi connectivity index (χ4v) is 7.14. The molecule has 0 radical (unpaired) electrons. The number of rotatable bonds is 3. The van der Waals surface area contributed by atoms with Crippen LogP contribution in [0.4, 0.5) is 0 Å². The Labute approximate surface area is 149 Å². The van der Waals surface area contributed by atoms with Crippen molar-refractivity contribution in [1.29, 1.82) is 0 Å². The average molecular weight is 331 g/mol. The smallest absolute Gasteiger partial charge is 0.133 e. The van der Waals surface area contributed by atoms with Crippen molar-refractivity contribution < 1.29 is 4.79 Å². The van der Waals surface area contributed by atoms with Gasteiger partial charge in [0.15, 0.2) is 0 Å². The summed E-state index contributed by atoms with van der Waals surface area (Å²) < 4.78 is 0. The molecule has 0 aromatic rings. The summed E-state index contributed by atoms with van der Waals surface area (Å²) in [6.45, 7) is 11.6. The summed E-state index contributed by atoms with van der Waals surface area (Å²) in [5.41, 5.74) is 2.39. The van der Waals surface area contributed by atoms with E-state index in [9.17, 15) is 4.79 Å². The van der Waals surface area contributed by atoms with E-state index in [1.54, 1.807) is 5.57 Å². The van der Waals surface area contributed by atoms with Crippen molar-refractivity contribution in [1.82, 2.24) is 0 Å². The number of ketones is 1. The quantitative estimate of drug-likeness (QED) is 0.535. The second-order valence-corrected chi connectivity index (χ2v) is 9.79. The molecule has 0 bridgehead atoms. The Morgan fingerprint density at radius 3 is 2.54 bits per heavy atom. The molecule has 0 aliphatic heterocycles. The Kier molecular flexibility index (Phi) is 5.02. The lowest BCUT2D eigenvalue weighted by Gasteiger charge is -2.51. The predicted molar refractivity (Wildman–Crippen MR) is 102 cm³/mol. The highest BCUT2D eigenvalue weighted by Gasteiger charge is 2.53. The van der Waals surface area contributed by atoms with Crippen LogP contribution < -0.4 is 0 Å². The van der Waals surface area contributed by atoms with E-state index < -0.39 is 0 Å². The first-order valence-electron chi connectivity index (χ1n) is 10.5. The second-order valence-electron chi connectivity index (χ2n) is 9.79. The lowest BCUT2D eigenvalue weighted by Crippen LogP contribution is -2.43. The summed E-state index contributed by atoms with van der Waals surface area (Å²) >= 11 is 0. The van der Waals surface area contributed by atoms with Gasteiger partial charge in [0.1, 0.15) is 5.78 Å². The summed E-state index contributed by atoms with van der Waals surface area (Å²) in [7, 11) is 0. The predicted octanol–water partition coefficient (Wildman–Crippen LogP) is 6.57. The number of Topliss-reactive ketones (excluding diaryl/α,β-unsaturated/α-hetero) is 1. The molecule has 136 valence electrons. The Hall–Kier alpha value is -0.590. The molecule has 3 rings (SSSR count). The van der Waals surface area contributed by atoms with E-state index in [2.05, 4.69) is 33.8 Å². The van der Waals surface area contributed by atoms with Crippen molar-refractivity contribution in [2.75, 3.05) is 0 Å². The van der Waals surface area contributed by atoms with Gasteiger partial charge in [0.05, 0.1) is 0 Å². The Balaban J connectivity index is 1.92. The molecule has 5 atom stereocenters. The van der Waals surface area contributed by atoms with Crippen molar-refractivity contribution in [3.05, 3.63) is 11.6 Å². The maximum absolute atomic E-state index is 12.2. The van der Waals surface area contributed by atoms with Crippen LogP contribution in [0.2, 0.25) is 0 Å². The molecule has 0 saturated heterocycles.